The number of rotatable bonds is 6. The first kappa shape index (κ1) is 10.3. The van der Waals surface area contributed by atoms with Gasteiger partial charge in [0.05, 0.1) is 0 Å². The Balaban J connectivity index is 2.77. The average molecular weight is 159 g/mol. The highest BCUT2D eigenvalue weighted by Crippen LogP contribution is 2.09. The molecule has 0 bridgehead atoms. The molecule has 1 atom stereocenters. The van der Waals surface area contributed by atoms with E-state index in [1.54, 1.807) is 0 Å². The Morgan fingerprint density at radius 3 is 2.60 bits per heavy atom. The molecule has 0 aliphatic carbocycles. The molecule has 0 rings (SSSR count). The lowest BCUT2D eigenvalue weighted by atomic mass is 10.2. The Bertz CT molecular complexity index is 59.7. The van der Waals surface area contributed by atoms with Gasteiger partial charge in [0.2, 0.25) is 0 Å². The summed E-state index contributed by atoms with van der Waals surface area (Å²) >= 11 is 2.07. The van der Waals surface area contributed by atoms with Crippen molar-refractivity contribution in [3.8, 4) is 0 Å². The van der Waals surface area contributed by atoms with E-state index in [4.69, 9.17) is 0 Å². The monoisotopic (exact) mass is 159 g/mol. The van der Waals surface area contributed by atoms with Crippen LogP contribution in [0, 0.1) is 12.8 Å². The minimum atomic E-state index is 0.633. The second-order valence-corrected chi connectivity index (χ2v) is 4.08. The molecule has 10 heavy (non-hydrogen) atoms. The molecule has 0 N–H and O–H groups in total. The van der Waals surface area contributed by atoms with Crippen LogP contribution in [0.3, 0.4) is 0 Å². The van der Waals surface area contributed by atoms with Crippen LogP contribution in [0.2, 0.25) is 0 Å². The Morgan fingerprint density at radius 2 is 2.10 bits per heavy atom. The standard InChI is InChI=1S/C9H19S/c1-4-5-7-10-8-6-9(2)3/h9H,2,4-8H2,1,3H3. The summed E-state index contributed by atoms with van der Waals surface area (Å²) in [4.78, 5) is 0. The molecule has 0 heterocycles. The molecular formula is C9H19S. The third-order valence-electron chi connectivity index (χ3n) is 1.40. The topological polar surface area (TPSA) is 0 Å². The van der Waals surface area contributed by atoms with Gasteiger partial charge in [0.1, 0.15) is 0 Å². The zero-order valence-electron chi connectivity index (χ0n) is 7.23. The van der Waals surface area contributed by atoms with Crippen molar-refractivity contribution in [1.29, 1.82) is 0 Å². The quantitative estimate of drug-likeness (QED) is 0.535. The fourth-order valence-corrected chi connectivity index (χ4v) is 1.90. The fraction of sp³-hybridized carbons (Fsp3) is 0.889. The van der Waals surface area contributed by atoms with Crippen LogP contribution in [0.15, 0.2) is 0 Å². The van der Waals surface area contributed by atoms with Crippen LogP contribution in [0.25, 0.3) is 0 Å². The van der Waals surface area contributed by atoms with E-state index in [0.29, 0.717) is 5.92 Å². The molecule has 0 aromatic carbocycles. The van der Waals surface area contributed by atoms with E-state index in [1.807, 2.05) is 0 Å². The number of thioether (sulfide) groups is 1. The van der Waals surface area contributed by atoms with E-state index in [0.717, 1.165) is 0 Å². The molecule has 0 amide bonds. The molecule has 1 unspecified atom stereocenters. The molecule has 1 heteroatoms. The zero-order chi connectivity index (χ0) is 7.82. The van der Waals surface area contributed by atoms with Crippen molar-refractivity contribution in [2.45, 2.75) is 33.1 Å². The van der Waals surface area contributed by atoms with E-state index < -0.39 is 0 Å². The smallest absolute Gasteiger partial charge is 0.00650 e. The second kappa shape index (κ2) is 7.46. The highest BCUT2D eigenvalue weighted by molar-refractivity contribution is 7.99. The summed E-state index contributed by atoms with van der Waals surface area (Å²) in [6.07, 6.45) is 3.97. The van der Waals surface area contributed by atoms with Gasteiger partial charge in [-0.05, 0) is 30.3 Å². The number of hydrogen-bond acceptors (Lipinski definition) is 1. The van der Waals surface area contributed by atoms with Gasteiger partial charge in [-0.15, -0.1) is 0 Å². The largest absolute Gasteiger partial charge is 0.162 e. The summed E-state index contributed by atoms with van der Waals surface area (Å²) in [6.45, 7) is 8.36. The normalized spacial score (nSPS) is 10.8. The molecule has 0 nitrogen and oxygen atoms in total. The predicted octanol–water partition coefficient (Wildman–Crippen LogP) is 3.38. The van der Waals surface area contributed by atoms with Gasteiger partial charge in [0.15, 0.2) is 0 Å². The zero-order valence-corrected chi connectivity index (χ0v) is 8.04. The molecule has 0 fully saturated rings. The van der Waals surface area contributed by atoms with Gasteiger partial charge >= 0.3 is 0 Å². The van der Waals surface area contributed by atoms with Crippen molar-refractivity contribution in [2.75, 3.05) is 11.5 Å². The first-order chi connectivity index (χ1) is 4.77. The van der Waals surface area contributed by atoms with E-state index in [1.165, 1.54) is 30.8 Å². The Morgan fingerprint density at radius 1 is 1.40 bits per heavy atom. The van der Waals surface area contributed by atoms with Crippen LogP contribution in [-0.2, 0) is 0 Å². The van der Waals surface area contributed by atoms with Crippen molar-refractivity contribution < 1.29 is 0 Å². The Labute approximate surface area is 69.8 Å². The molecule has 0 aromatic heterocycles. The molecule has 1 radical (unpaired) electrons. The van der Waals surface area contributed by atoms with Crippen LogP contribution in [0.1, 0.15) is 33.1 Å². The van der Waals surface area contributed by atoms with Gasteiger partial charge in [-0.3, -0.25) is 0 Å². The first-order valence-corrected chi connectivity index (χ1v) is 5.33. The second-order valence-electron chi connectivity index (χ2n) is 2.86. The van der Waals surface area contributed by atoms with Gasteiger partial charge in [0.25, 0.3) is 0 Å². The summed E-state index contributed by atoms with van der Waals surface area (Å²) in [5.41, 5.74) is 0. The fourth-order valence-electron chi connectivity index (χ4n) is 0.633. The molecule has 0 spiro atoms. The highest BCUT2D eigenvalue weighted by Gasteiger charge is 1.93. The maximum Gasteiger partial charge on any atom is -0.00650 e. The van der Waals surface area contributed by atoms with E-state index >= 15 is 0 Å². The lowest BCUT2D eigenvalue weighted by Crippen LogP contribution is -1.90. The molecular weight excluding hydrogens is 140 g/mol. The summed E-state index contributed by atoms with van der Waals surface area (Å²) < 4.78 is 0. The lowest BCUT2D eigenvalue weighted by Gasteiger charge is -2.02. The molecule has 0 aliphatic heterocycles. The van der Waals surface area contributed by atoms with Gasteiger partial charge in [-0.25, -0.2) is 0 Å². The van der Waals surface area contributed by atoms with Gasteiger partial charge in [0, 0.05) is 0 Å². The summed E-state index contributed by atoms with van der Waals surface area (Å²) in [6, 6.07) is 0. The van der Waals surface area contributed by atoms with E-state index in [-0.39, 0.29) is 0 Å². The minimum absolute atomic E-state index is 0.633. The number of unbranched alkanes of at least 4 members (excludes halogenated alkanes) is 1. The molecule has 0 aromatic rings. The van der Waals surface area contributed by atoms with Crippen molar-refractivity contribution in [3.05, 3.63) is 6.92 Å². The average Bonchev–Trinajstić information content (AvgIpc) is 1.87. The molecule has 0 aliphatic rings. The minimum Gasteiger partial charge on any atom is -0.162 e. The predicted molar refractivity (Wildman–Crippen MR) is 51.4 cm³/mol. The van der Waals surface area contributed by atoms with Gasteiger partial charge < -0.3 is 0 Å². The summed E-state index contributed by atoms with van der Waals surface area (Å²) in [5, 5.41) is 0. The third-order valence-corrected chi connectivity index (χ3v) is 2.50. The van der Waals surface area contributed by atoms with Crippen LogP contribution in [0.4, 0.5) is 0 Å². The molecule has 61 valence electrons. The summed E-state index contributed by atoms with van der Waals surface area (Å²) in [5.74, 6) is 3.27. The van der Waals surface area contributed by atoms with E-state index in [9.17, 15) is 0 Å². The highest BCUT2D eigenvalue weighted by atomic mass is 32.2. The van der Waals surface area contributed by atoms with Gasteiger partial charge in [-0.2, -0.15) is 11.8 Å². The van der Waals surface area contributed by atoms with Crippen LogP contribution in [0.5, 0.6) is 0 Å². The van der Waals surface area contributed by atoms with Crippen molar-refractivity contribution in [2.24, 2.45) is 5.92 Å². The summed E-state index contributed by atoms with van der Waals surface area (Å²) in [7, 11) is 0. The Kier molecular flexibility index (Phi) is 7.72. The van der Waals surface area contributed by atoms with Crippen molar-refractivity contribution >= 4 is 11.8 Å². The first-order valence-electron chi connectivity index (χ1n) is 4.18. The van der Waals surface area contributed by atoms with Crippen molar-refractivity contribution in [3.63, 3.8) is 0 Å². The maximum atomic E-state index is 3.94. The third kappa shape index (κ3) is 8.35. The lowest BCUT2D eigenvalue weighted by molar-refractivity contribution is 0.701. The van der Waals surface area contributed by atoms with Gasteiger partial charge in [-0.1, -0.05) is 27.2 Å². The Hall–Kier alpha value is 0.350. The SMILES string of the molecule is [CH2]C(C)CCSCCCC. The van der Waals surface area contributed by atoms with E-state index in [2.05, 4.69) is 32.5 Å². The van der Waals surface area contributed by atoms with Crippen molar-refractivity contribution in [1.82, 2.24) is 0 Å². The molecule has 0 saturated carbocycles. The van der Waals surface area contributed by atoms with Crippen LogP contribution >= 0.6 is 11.8 Å². The van der Waals surface area contributed by atoms with Crippen LogP contribution < -0.4 is 0 Å². The molecule has 0 saturated heterocycles. The van der Waals surface area contributed by atoms with Crippen LogP contribution in [-0.4, -0.2) is 11.5 Å². The maximum absolute atomic E-state index is 3.94. The number of hydrogen-bond donors (Lipinski definition) is 0.